The zero-order valence-corrected chi connectivity index (χ0v) is 7.64. The predicted molar refractivity (Wildman–Crippen MR) is 40.2 cm³/mol. The van der Waals surface area contributed by atoms with Gasteiger partial charge in [-0.3, -0.25) is 10.1 Å². The Hall–Kier alpha value is -0.690. The molecule has 0 radical (unpaired) electrons. The van der Waals surface area contributed by atoms with E-state index in [1.807, 2.05) is 0 Å². The fourth-order valence-electron chi connectivity index (χ4n) is 0.758. The molecule has 0 bridgehead atoms. The van der Waals surface area contributed by atoms with Crippen LogP contribution in [0.15, 0.2) is 0 Å². The van der Waals surface area contributed by atoms with Crippen molar-refractivity contribution in [1.29, 1.82) is 0 Å². The molecule has 0 spiro atoms. The van der Waals surface area contributed by atoms with E-state index in [1.54, 1.807) is 5.32 Å². The molecule has 0 unspecified atom stereocenters. The van der Waals surface area contributed by atoms with Crippen molar-refractivity contribution >= 4 is 27.9 Å². The molecule has 7 heteroatoms. The molecule has 1 fully saturated rings. The molecule has 1 heterocycles. The highest BCUT2D eigenvalue weighted by molar-refractivity contribution is 9.10. The summed E-state index contributed by atoms with van der Waals surface area (Å²) < 4.78 is 15.4. The van der Waals surface area contributed by atoms with Gasteiger partial charge in [0.25, 0.3) is 10.5 Å². The molecule has 0 aromatic heterocycles. The molecule has 1 aliphatic heterocycles. The lowest BCUT2D eigenvalue weighted by atomic mass is 10.3. The van der Waals surface area contributed by atoms with E-state index in [9.17, 15) is 14.0 Å². The highest BCUT2D eigenvalue weighted by Crippen LogP contribution is 2.27. The molecule has 68 valence electrons. The first-order valence-corrected chi connectivity index (χ1v) is 3.80. The van der Waals surface area contributed by atoms with Crippen LogP contribution < -0.4 is 10.6 Å². The minimum Gasteiger partial charge on any atom is -0.357 e. The summed E-state index contributed by atoms with van der Waals surface area (Å²) in [6, 6.07) is -0.778. The molecule has 1 aliphatic rings. The number of imide groups is 1. The summed E-state index contributed by atoms with van der Waals surface area (Å²) in [5.41, 5.74) is 0. The Balaban J connectivity index is 2.85. The Bertz CT molecular complexity index is 233. The summed E-state index contributed by atoms with van der Waals surface area (Å²) in [5, 5.41) is 3.81. The van der Waals surface area contributed by atoms with Crippen LogP contribution in [0.25, 0.3) is 0 Å². The maximum absolute atomic E-state index is 13.3. The van der Waals surface area contributed by atoms with Gasteiger partial charge in [0.1, 0.15) is 0 Å². The monoisotopic (exact) mass is 240 g/mol. The number of hydrogen-bond acceptors (Lipinski definition) is 3. The number of halogens is 2. The molecule has 0 saturated carbocycles. The smallest absolute Gasteiger partial charge is 0.323 e. The average molecular weight is 241 g/mol. The number of rotatable bonds is 1. The molecule has 0 aliphatic carbocycles. The second-order valence-electron chi connectivity index (χ2n) is 2.17. The van der Waals surface area contributed by atoms with Crippen molar-refractivity contribution in [3.63, 3.8) is 0 Å². The Morgan fingerprint density at radius 2 is 2.25 bits per heavy atom. The van der Waals surface area contributed by atoms with Crippen molar-refractivity contribution in [3.8, 4) is 0 Å². The van der Waals surface area contributed by atoms with Crippen LogP contribution in [0.1, 0.15) is 0 Å². The highest BCUT2D eigenvalue weighted by Gasteiger charge is 2.49. The second-order valence-corrected chi connectivity index (χ2v) is 3.32. The summed E-state index contributed by atoms with van der Waals surface area (Å²) in [4.78, 5) is 21.4. The zero-order chi connectivity index (χ0) is 9.35. The molecule has 3 amide bonds. The van der Waals surface area contributed by atoms with Crippen molar-refractivity contribution < 1.29 is 18.7 Å². The minimum absolute atomic E-state index is 0.778. The molecule has 2 N–H and O–H groups in total. The number of carbonyl (C=O) groups excluding carboxylic acids is 2. The molecule has 5 nitrogen and oxygen atoms in total. The van der Waals surface area contributed by atoms with Crippen LogP contribution in [0.2, 0.25) is 0 Å². The number of hydrogen-bond donors (Lipinski definition) is 2. The van der Waals surface area contributed by atoms with Crippen molar-refractivity contribution in [3.05, 3.63) is 0 Å². The third-order valence-corrected chi connectivity index (χ3v) is 2.13. The van der Waals surface area contributed by atoms with Crippen molar-refractivity contribution in [1.82, 2.24) is 10.6 Å². The van der Waals surface area contributed by atoms with Crippen LogP contribution in [-0.4, -0.2) is 29.9 Å². The van der Waals surface area contributed by atoms with E-state index in [0.717, 1.165) is 0 Å². The second kappa shape index (κ2) is 2.98. The highest BCUT2D eigenvalue weighted by atomic mass is 79.9. The van der Waals surface area contributed by atoms with Crippen LogP contribution in [0.4, 0.5) is 9.18 Å². The number of urea groups is 1. The summed E-state index contributed by atoms with van der Waals surface area (Å²) in [5.74, 6) is -1.07. The van der Waals surface area contributed by atoms with E-state index in [4.69, 9.17) is 0 Å². The van der Waals surface area contributed by atoms with Crippen LogP contribution >= 0.6 is 15.9 Å². The maximum Gasteiger partial charge on any atom is 0.323 e. The lowest BCUT2D eigenvalue weighted by Crippen LogP contribution is -2.64. The minimum atomic E-state index is -2.41. The number of amides is 3. The van der Waals surface area contributed by atoms with Crippen LogP contribution in [-0.2, 0) is 9.53 Å². The largest absolute Gasteiger partial charge is 0.357 e. The van der Waals surface area contributed by atoms with Gasteiger partial charge in [0, 0.05) is 7.11 Å². The van der Waals surface area contributed by atoms with Gasteiger partial charge in [-0.15, -0.1) is 0 Å². The fraction of sp³-hybridized carbons (Fsp3) is 0.600. The van der Waals surface area contributed by atoms with Gasteiger partial charge in [-0.25, -0.2) is 9.18 Å². The lowest BCUT2D eigenvalue weighted by molar-refractivity contribution is -0.135. The van der Waals surface area contributed by atoms with Gasteiger partial charge in [0.15, 0.2) is 6.23 Å². The van der Waals surface area contributed by atoms with E-state index in [0.29, 0.717) is 0 Å². The zero-order valence-electron chi connectivity index (χ0n) is 6.06. The summed E-state index contributed by atoms with van der Waals surface area (Å²) in [6.45, 7) is 0. The van der Waals surface area contributed by atoms with Crippen molar-refractivity contribution in [2.75, 3.05) is 7.11 Å². The first-order valence-electron chi connectivity index (χ1n) is 3.01. The molecule has 1 saturated heterocycles. The molecule has 12 heavy (non-hydrogen) atoms. The fourth-order valence-corrected chi connectivity index (χ4v) is 1.16. The molecular weight excluding hydrogens is 235 g/mol. The van der Waals surface area contributed by atoms with Gasteiger partial charge in [-0.1, -0.05) is 0 Å². The molecule has 0 aromatic rings. The molecule has 1 rings (SSSR count). The normalized spacial score (nSPS) is 35.8. The number of methoxy groups -OCH3 is 1. The van der Waals surface area contributed by atoms with Crippen molar-refractivity contribution in [2.24, 2.45) is 0 Å². The van der Waals surface area contributed by atoms with Crippen LogP contribution in [0.3, 0.4) is 0 Å². The van der Waals surface area contributed by atoms with E-state index in [1.165, 1.54) is 7.11 Å². The number of nitrogens with one attached hydrogen (secondary N) is 2. The SMILES string of the molecule is CO[C@@H]1NC(=O)NC(=O)[C@@]1(F)Br. The molecule has 2 atom stereocenters. The third-order valence-electron chi connectivity index (χ3n) is 1.36. The van der Waals surface area contributed by atoms with Crippen LogP contribution in [0, 0.1) is 0 Å². The van der Waals surface area contributed by atoms with E-state index >= 15 is 0 Å². The Labute approximate surface area is 75.8 Å². The Morgan fingerprint density at radius 3 is 2.75 bits per heavy atom. The van der Waals surface area contributed by atoms with Gasteiger partial charge >= 0.3 is 6.03 Å². The van der Waals surface area contributed by atoms with Gasteiger partial charge in [-0.2, -0.15) is 0 Å². The summed E-state index contributed by atoms with van der Waals surface area (Å²) >= 11 is 2.49. The molecule has 0 aromatic carbocycles. The van der Waals surface area contributed by atoms with Crippen LogP contribution in [0.5, 0.6) is 0 Å². The van der Waals surface area contributed by atoms with Gasteiger partial charge in [-0.05, 0) is 15.9 Å². The van der Waals surface area contributed by atoms with Crippen molar-refractivity contribution in [2.45, 2.75) is 10.8 Å². The standard InChI is InChI=1S/C5H6BrFN2O3/c1-12-3-5(6,7)2(10)8-4(11)9-3/h3H,1H3,(H2,8,9,10,11)/t3-,5-/m0/s1. The number of carbonyl (C=O) groups is 2. The quantitative estimate of drug-likeness (QED) is 0.628. The van der Waals surface area contributed by atoms with Gasteiger partial charge in [0.2, 0.25) is 0 Å². The Morgan fingerprint density at radius 1 is 1.67 bits per heavy atom. The summed E-state index contributed by atoms with van der Waals surface area (Å²) in [7, 11) is 1.18. The van der Waals surface area contributed by atoms with E-state index in [2.05, 4.69) is 26.0 Å². The third kappa shape index (κ3) is 1.42. The average Bonchev–Trinajstić information content (AvgIpc) is 1.97. The van der Waals surface area contributed by atoms with Gasteiger partial charge < -0.3 is 10.1 Å². The Kier molecular flexibility index (Phi) is 2.34. The van der Waals surface area contributed by atoms with Gasteiger partial charge in [0.05, 0.1) is 0 Å². The summed E-state index contributed by atoms with van der Waals surface area (Å²) in [6.07, 6.45) is -1.31. The first-order chi connectivity index (χ1) is 5.48. The maximum atomic E-state index is 13.3. The predicted octanol–water partition coefficient (Wildman–Crippen LogP) is -0.141. The number of alkyl halides is 2. The van der Waals surface area contributed by atoms with E-state index in [-0.39, 0.29) is 0 Å². The van der Waals surface area contributed by atoms with E-state index < -0.39 is 22.7 Å². The lowest BCUT2D eigenvalue weighted by Gasteiger charge is -2.30. The molecular formula is C5H6BrFN2O3. The topological polar surface area (TPSA) is 67.4 Å². The first kappa shape index (κ1) is 9.40. The number of ether oxygens (including phenoxy) is 1.